The smallest absolute Gasteiger partial charge is 0.319 e. The van der Waals surface area contributed by atoms with Crippen LogP contribution in [-0.4, -0.2) is 19.2 Å². The molecule has 22 heavy (non-hydrogen) atoms. The van der Waals surface area contributed by atoms with Gasteiger partial charge in [0.25, 0.3) is 0 Å². The summed E-state index contributed by atoms with van der Waals surface area (Å²) in [6.45, 7) is 3.24. The Hall–Kier alpha value is -2.49. The topological polar surface area (TPSA) is 50.4 Å². The zero-order valence-electron chi connectivity index (χ0n) is 12.6. The molecule has 1 unspecified atom stereocenters. The summed E-state index contributed by atoms with van der Waals surface area (Å²) in [5.74, 6) is 1.26. The van der Waals surface area contributed by atoms with Crippen LogP contribution in [0.25, 0.3) is 0 Å². The van der Waals surface area contributed by atoms with Gasteiger partial charge in [0, 0.05) is 18.2 Å². The Morgan fingerprint density at radius 1 is 1.23 bits per heavy atom. The summed E-state index contributed by atoms with van der Waals surface area (Å²) in [5, 5.41) is 5.77. The van der Waals surface area contributed by atoms with Crippen molar-refractivity contribution in [3.63, 3.8) is 0 Å². The van der Waals surface area contributed by atoms with Gasteiger partial charge in [0.15, 0.2) is 0 Å². The number of hydrogen-bond acceptors (Lipinski definition) is 2. The summed E-state index contributed by atoms with van der Waals surface area (Å²) >= 11 is 0. The highest BCUT2D eigenvalue weighted by atomic mass is 16.5. The van der Waals surface area contributed by atoms with Crippen LogP contribution in [0, 0.1) is 12.8 Å². The van der Waals surface area contributed by atoms with Gasteiger partial charge < -0.3 is 15.4 Å². The second-order valence-electron chi connectivity index (χ2n) is 5.69. The lowest BCUT2D eigenvalue weighted by Gasteiger charge is -2.25. The van der Waals surface area contributed by atoms with Gasteiger partial charge in [-0.1, -0.05) is 30.3 Å². The van der Waals surface area contributed by atoms with E-state index in [-0.39, 0.29) is 6.03 Å². The molecule has 4 nitrogen and oxygen atoms in total. The number of aryl methyl sites for hydroxylation is 1. The number of ether oxygens (including phenoxy) is 1. The first kappa shape index (κ1) is 14.4. The third kappa shape index (κ3) is 3.58. The first-order chi connectivity index (χ1) is 10.7. The molecule has 0 radical (unpaired) electrons. The van der Waals surface area contributed by atoms with E-state index in [1.54, 1.807) is 0 Å². The molecule has 0 saturated heterocycles. The van der Waals surface area contributed by atoms with E-state index >= 15 is 0 Å². The van der Waals surface area contributed by atoms with Gasteiger partial charge in [-0.25, -0.2) is 4.79 Å². The summed E-state index contributed by atoms with van der Waals surface area (Å²) in [4.78, 5) is 11.9. The largest absolute Gasteiger partial charge is 0.493 e. The van der Waals surface area contributed by atoms with Crippen molar-refractivity contribution in [1.29, 1.82) is 0 Å². The Morgan fingerprint density at radius 3 is 2.95 bits per heavy atom. The second-order valence-corrected chi connectivity index (χ2v) is 5.69. The number of carbonyl (C=O) groups is 1. The third-order valence-corrected chi connectivity index (χ3v) is 3.78. The van der Waals surface area contributed by atoms with Crippen molar-refractivity contribution in [2.45, 2.75) is 13.3 Å². The third-order valence-electron chi connectivity index (χ3n) is 3.78. The Balaban J connectivity index is 1.50. The van der Waals surface area contributed by atoms with Gasteiger partial charge in [-0.15, -0.1) is 0 Å². The predicted molar refractivity (Wildman–Crippen MR) is 87.3 cm³/mol. The molecule has 4 heteroatoms. The van der Waals surface area contributed by atoms with E-state index in [2.05, 4.69) is 16.7 Å². The lowest BCUT2D eigenvalue weighted by molar-refractivity contribution is 0.215. The Bertz CT molecular complexity index is 670. The molecule has 0 spiro atoms. The van der Waals surface area contributed by atoms with Crippen molar-refractivity contribution in [1.82, 2.24) is 5.32 Å². The molecule has 1 aliphatic heterocycles. The minimum atomic E-state index is -0.176. The van der Waals surface area contributed by atoms with Crippen molar-refractivity contribution in [3.05, 3.63) is 59.7 Å². The summed E-state index contributed by atoms with van der Waals surface area (Å²) < 4.78 is 5.73. The summed E-state index contributed by atoms with van der Waals surface area (Å²) in [7, 11) is 0. The second kappa shape index (κ2) is 6.52. The van der Waals surface area contributed by atoms with Crippen LogP contribution in [-0.2, 0) is 6.42 Å². The number of rotatable bonds is 3. The lowest BCUT2D eigenvalue weighted by Crippen LogP contribution is -2.37. The number of fused-ring (bicyclic) bond motifs is 1. The fourth-order valence-corrected chi connectivity index (χ4v) is 2.66. The molecule has 0 aliphatic carbocycles. The number of urea groups is 1. The van der Waals surface area contributed by atoms with E-state index in [0.29, 0.717) is 19.1 Å². The number of hydrogen-bond donors (Lipinski definition) is 2. The zero-order chi connectivity index (χ0) is 15.4. The fourth-order valence-electron chi connectivity index (χ4n) is 2.66. The highest BCUT2D eigenvalue weighted by Gasteiger charge is 2.19. The van der Waals surface area contributed by atoms with Crippen LogP contribution in [0.1, 0.15) is 11.1 Å². The molecule has 1 atom stereocenters. The zero-order valence-corrected chi connectivity index (χ0v) is 12.6. The van der Waals surface area contributed by atoms with Crippen LogP contribution in [0.3, 0.4) is 0 Å². The molecule has 1 aliphatic rings. The maximum absolute atomic E-state index is 11.9. The molecular weight excluding hydrogens is 276 g/mol. The standard InChI is InChI=1S/C18H20N2O2/c1-13-5-4-7-16(9-13)20-18(21)19-11-14-10-15-6-2-3-8-17(15)22-12-14/h2-9,14H,10-12H2,1H3,(H2,19,20,21). The van der Waals surface area contributed by atoms with Gasteiger partial charge in [-0.2, -0.15) is 0 Å². The normalized spacial score (nSPS) is 16.3. The quantitative estimate of drug-likeness (QED) is 0.912. The van der Waals surface area contributed by atoms with Gasteiger partial charge in [0.2, 0.25) is 0 Å². The minimum absolute atomic E-state index is 0.176. The molecule has 1 heterocycles. The van der Waals surface area contributed by atoms with Crippen LogP contribution in [0.4, 0.5) is 10.5 Å². The maximum atomic E-state index is 11.9. The molecule has 0 bridgehead atoms. The predicted octanol–water partition coefficient (Wildman–Crippen LogP) is 3.37. The molecular formula is C18H20N2O2. The summed E-state index contributed by atoms with van der Waals surface area (Å²) in [5.41, 5.74) is 3.14. The van der Waals surface area contributed by atoms with E-state index in [4.69, 9.17) is 4.74 Å². The first-order valence-corrected chi connectivity index (χ1v) is 7.53. The van der Waals surface area contributed by atoms with Crippen LogP contribution in [0.2, 0.25) is 0 Å². The molecule has 2 amide bonds. The number of benzene rings is 2. The van der Waals surface area contributed by atoms with Gasteiger partial charge in [0.1, 0.15) is 5.75 Å². The average molecular weight is 296 g/mol. The van der Waals surface area contributed by atoms with Crippen molar-refractivity contribution in [2.75, 3.05) is 18.5 Å². The van der Waals surface area contributed by atoms with E-state index in [1.807, 2.05) is 49.4 Å². The van der Waals surface area contributed by atoms with Crippen LogP contribution in [0.5, 0.6) is 5.75 Å². The molecule has 2 aromatic rings. The SMILES string of the molecule is Cc1cccc(NC(=O)NCC2COc3ccccc3C2)c1. The number of nitrogens with one attached hydrogen (secondary N) is 2. The molecule has 2 N–H and O–H groups in total. The summed E-state index contributed by atoms with van der Waals surface area (Å²) in [6.07, 6.45) is 0.931. The average Bonchev–Trinajstić information content (AvgIpc) is 2.53. The number of para-hydroxylation sites is 1. The molecule has 0 saturated carbocycles. The molecule has 2 aromatic carbocycles. The van der Waals surface area contributed by atoms with Crippen molar-refractivity contribution >= 4 is 11.7 Å². The number of anilines is 1. The van der Waals surface area contributed by atoms with Gasteiger partial charge in [-0.05, 0) is 42.7 Å². The highest BCUT2D eigenvalue weighted by molar-refractivity contribution is 5.89. The minimum Gasteiger partial charge on any atom is -0.493 e. The van der Waals surface area contributed by atoms with Crippen molar-refractivity contribution < 1.29 is 9.53 Å². The molecule has 0 aromatic heterocycles. The van der Waals surface area contributed by atoms with Crippen LogP contribution >= 0.6 is 0 Å². The highest BCUT2D eigenvalue weighted by Crippen LogP contribution is 2.26. The molecule has 0 fully saturated rings. The van der Waals surface area contributed by atoms with Crippen LogP contribution < -0.4 is 15.4 Å². The van der Waals surface area contributed by atoms with Crippen molar-refractivity contribution in [2.24, 2.45) is 5.92 Å². The van der Waals surface area contributed by atoms with E-state index < -0.39 is 0 Å². The maximum Gasteiger partial charge on any atom is 0.319 e. The number of amides is 2. The van der Waals surface area contributed by atoms with Gasteiger partial charge in [0.05, 0.1) is 6.61 Å². The first-order valence-electron chi connectivity index (χ1n) is 7.53. The van der Waals surface area contributed by atoms with Crippen LogP contribution in [0.15, 0.2) is 48.5 Å². The Labute approximate surface area is 130 Å². The summed E-state index contributed by atoms with van der Waals surface area (Å²) in [6, 6.07) is 15.6. The van der Waals surface area contributed by atoms with Crippen molar-refractivity contribution in [3.8, 4) is 5.75 Å². The lowest BCUT2D eigenvalue weighted by atomic mass is 9.97. The van der Waals surface area contributed by atoms with E-state index in [0.717, 1.165) is 23.4 Å². The van der Waals surface area contributed by atoms with Gasteiger partial charge in [-0.3, -0.25) is 0 Å². The van der Waals surface area contributed by atoms with E-state index in [1.165, 1.54) is 5.56 Å². The molecule has 3 rings (SSSR count). The monoisotopic (exact) mass is 296 g/mol. The van der Waals surface area contributed by atoms with E-state index in [9.17, 15) is 4.79 Å². The van der Waals surface area contributed by atoms with Gasteiger partial charge >= 0.3 is 6.03 Å². The number of carbonyl (C=O) groups excluding carboxylic acids is 1. The Morgan fingerprint density at radius 2 is 2.09 bits per heavy atom. The molecule has 114 valence electrons. The Kier molecular flexibility index (Phi) is 4.28. The fraction of sp³-hybridized carbons (Fsp3) is 0.278.